The Labute approximate surface area is 126 Å². The zero-order valence-electron chi connectivity index (χ0n) is 10.9. The van der Waals surface area contributed by atoms with E-state index in [1.807, 2.05) is 56.3 Å². The van der Waals surface area contributed by atoms with Crippen molar-refractivity contribution in [3.05, 3.63) is 64.7 Å². The van der Waals surface area contributed by atoms with Crippen LogP contribution in [0.1, 0.15) is 27.0 Å². The highest BCUT2D eigenvalue weighted by Gasteiger charge is 2.14. The van der Waals surface area contributed by atoms with E-state index < -0.39 is 0 Å². The van der Waals surface area contributed by atoms with Crippen LogP contribution in [0.4, 0.5) is 0 Å². The molecule has 0 aliphatic rings. The Morgan fingerprint density at radius 3 is 2.16 bits per heavy atom. The van der Waals surface area contributed by atoms with E-state index in [1.54, 1.807) is 0 Å². The summed E-state index contributed by atoms with van der Waals surface area (Å²) < 4.78 is 6.37. The molecule has 0 aliphatic heterocycles. The summed E-state index contributed by atoms with van der Waals surface area (Å²) in [5.41, 5.74) is 3.75. The molecule has 2 nitrogen and oxygen atoms in total. The molecule has 2 rings (SSSR count). The van der Waals surface area contributed by atoms with E-state index in [-0.39, 0.29) is 5.97 Å². The number of halogens is 1. The first-order valence-corrected chi connectivity index (χ1v) is 7.57. The summed E-state index contributed by atoms with van der Waals surface area (Å²) in [6.45, 7) is 3.84. The third-order valence-electron chi connectivity index (χ3n) is 2.97. The highest BCUT2D eigenvalue weighted by Crippen LogP contribution is 2.19. The normalized spacial score (nSPS) is 10.3. The fourth-order valence-electron chi connectivity index (χ4n) is 1.94. The third kappa shape index (κ3) is 3.35. The standard InChI is InChI=1S/C16H15IO2/c1-11-4-3-5-12(2)15(11)16(18)19-14-8-6-13(10-17)7-9-14/h3-9H,10H2,1-2H3. The molecular weight excluding hydrogens is 351 g/mol. The first-order chi connectivity index (χ1) is 9.11. The monoisotopic (exact) mass is 366 g/mol. The van der Waals surface area contributed by atoms with Crippen LogP contribution >= 0.6 is 22.6 Å². The number of esters is 1. The largest absolute Gasteiger partial charge is 0.423 e. The minimum atomic E-state index is -0.294. The number of aryl methyl sites for hydroxylation is 2. The molecule has 0 aliphatic carbocycles. The molecule has 0 amide bonds. The summed E-state index contributed by atoms with van der Waals surface area (Å²) in [5.74, 6) is 0.291. The fraction of sp³-hybridized carbons (Fsp3) is 0.188. The molecule has 0 saturated heterocycles. The van der Waals surface area contributed by atoms with E-state index in [2.05, 4.69) is 22.6 Å². The SMILES string of the molecule is Cc1cccc(C)c1C(=O)Oc1ccc(CI)cc1. The molecule has 0 saturated carbocycles. The number of carbonyl (C=O) groups is 1. The average Bonchev–Trinajstić information content (AvgIpc) is 2.39. The Hall–Kier alpha value is -1.36. The number of hydrogen-bond donors (Lipinski definition) is 0. The van der Waals surface area contributed by atoms with Crippen LogP contribution in [0, 0.1) is 13.8 Å². The van der Waals surface area contributed by atoms with Gasteiger partial charge < -0.3 is 4.74 Å². The van der Waals surface area contributed by atoms with Crippen LogP contribution in [-0.2, 0) is 4.43 Å². The lowest BCUT2D eigenvalue weighted by Gasteiger charge is -2.09. The van der Waals surface area contributed by atoms with Gasteiger partial charge in [0.2, 0.25) is 0 Å². The van der Waals surface area contributed by atoms with Crippen molar-refractivity contribution >= 4 is 28.6 Å². The highest BCUT2D eigenvalue weighted by molar-refractivity contribution is 14.1. The molecule has 2 aromatic carbocycles. The van der Waals surface area contributed by atoms with Gasteiger partial charge in [0.25, 0.3) is 0 Å². The van der Waals surface area contributed by atoms with Gasteiger partial charge >= 0.3 is 5.97 Å². The summed E-state index contributed by atoms with van der Waals surface area (Å²) in [5, 5.41) is 0. The van der Waals surface area contributed by atoms with Gasteiger partial charge in [-0.2, -0.15) is 0 Å². The fourth-order valence-corrected chi connectivity index (χ4v) is 2.45. The lowest BCUT2D eigenvalue weighted by molar-refractivity contribution is 0.0733. The van der Waals surface area contributed by atoms with Gasteiger partial charge in [-0.1, -0.05) is 52.9 Å². The molecule has 0 unspecified atom stereocenters. The maximum atomic E-state index is 12.2. The topological polar surface area (TPSA) is 26.3 Å². The first-order valence-electron chi connectivity index (χ1n) is 6.05. The van der Waals surface area contributed by atoms with Gasteiger partial charge in [-0.3, -0.25) is 0 Å². The zero-order chi connectivity index (χ0) is 13.8. The summed E-state index contributed by atoms with van der Waals surface area (Å²) in [7, 11) is 0. The number of hydrogen-bond acceptors (Lipinski definition) is 2. The molecule has 0 heterocycles. The summed E-state index contributed by atoms with van der Waals surface area (Å²) in [4.78, 5) is 12.2. The van der Waals surface area contributed by atoms with Gasteiger partial charge in [-0.15, -0.1) is 0 Å². The molecule has 3 heteroatoms. The maximum absolute atomic E-state index is 12.2. The van der Waals surface area contributed by atoms with E-state index in [4.69, 9.17) is 4.74 Å². The van der Waals surface area contributed by atoms with Gasteiger partial charge in [0.15, 0.2) is 0 Å². The number of carbonyl (C=O) groups excluding carboxylic acids is 1. The summed E-state index contributed by atoms with van der Waals surface area (Å²) >= 11 is 2.30. The van der Waals surface area contributed by atoms with Gasteiger partial charge in [-0.25, -0.2) is 4.79 Å². The summed E-state index contributed by atoms with van der Waals surface area (Å²) in [6.07, 6.45) is 0. The van der Waals surface area contributed by atoms with Crippen molar-refractivity contribution in [2.75, 3.05) is 0 Å². The smallest absolute Gasteiger partial charge is 0.344 e. The van der Waals surface area contributed by atoms with E-state index in [0.29, 0.717) is 11.3 Å². The second kappa shape index (κ2) is 6.19. The van der Waals surface area contributed by atoms with Crippen LogP contribution in [0.5, 0.6) is 5.75 Å². The Morgan fingerprint density at radius 1 is 1.05 bits per heavy atom. The van der Waals surface area contributed by atoms with E-state index in [0.717, 1.165) is 15.6 Å². The van der Waals surface area contributed by atoms with Crippen LogP contribution in [0.15, 0.2) is 42.5 Å². The van der Waals surface area contributed by atoms with Crippen molar-refractivity contribution in [1.82, 2.24) is 0 Å². The lowest BCUT2D eigenvalue weighted by Crippen LogP contribution is -2.12. The Bertz CT molecular complexity index is 568. The van der Waals surface area contributed by atoms with Crippen molar-refractivity contribution in [1.29, 1.82) is 0 Å². The Morgan fingerprint density at radius 2 is 1.63 bits per heavy atom. The molecule has 19 heavy (non-hydrogen) atoms. The van der Waals surface area contributed by atoms with Crippen molar-refractivity contribution in [3.63, 3.8) is 0 Å². The van der Waals surface area contributed by atoms with E-state index >= 15 is 0 Å². The number of rotatable bonds is 3. The average molecular weight is 366 g/mol. The molecule has 0 atom stereocenters. The van der Waals surface area contributed by atoms with Crippen LogP contribution in [0.2, 0.25) is 0 Å². The van der Waals surface area contributed by atoms with Crippen LogP contribution in [0.25, 0.3) is 0 Å². The van der Waals surface area contributed by atoms with Crippen molar-refractivity contribution in [2.24, 2.45) is 0 Å². The lowest BCUT2D eigenvalue weighted by atomic mass is 10.0. The van der Waals surface area contributed by atoms with E-state index in [1.165, 1.54) is 5.56 Å². The van der Waals surface area contributed by atoms with Gasteiger partial charge in [0.05, 0.1) is 5.56 Å². The number of alkyl halides is 1. The molecule has 0 fully saturated rings. The van der Waals surface area contributed by atoms with Crippen molar-refractivity contribution < 1.29 is 9.53 Å². The molecule has 0 aromatic heterocycles. The molecule has 0 radical (unpaired) electrons. The quantitative estimate of drug-likeness (QED) is 0.347. The molecule has 0 spiro atoms. The van der Waals surface area contributed by atoms with Gasteiger partial charge in [0.1, 0.15) is 5.75 Å². The first kappa shape index (κ1) is 14.1. The van der Waals surface area contributed by atoms with Crippen LogP contribution < -0.4 is 4.74 Å². The number of ether oxygens (including phenoxy) is 1. The minimum absolute atomic E-state index is 0.294. The van der Waals surface area contributed by atoms with Crippen molar-refractivity contribution in [2.45, 2.75) is 18.3 Å². The van der Waals surface area contributed by atoms with Crippen LogP contribution in [-0.4, -0.2) is 5.97 Å². The molecular formula is C16H15IO2. The van der Waals surface area contributed by atoms with Gasteiger partial charge in [-0.05, 0) is 42.7 Å². The van der Waals surface area contributed by atoms with Crippen molar-refractivity contribution in [3.8, 4) is 5.75 Å². The number of benzene rings is 2. The minimum Gasteiger partial charge on any atom is -0.423 e. The van der Waals surface area contributed by atoms with Crippen LogP contribution in [0.3, 0.4) is 0 Å². The molecule has 0 N–H and O–H groups in total. The Balaban J connectivity index is 2.21. The Kier molecular flexibility index (Phi) is 4.58. The molecule has 0 bridgehead atoms. The van der Waals surface area contributed by atoms with E-state index in [9.17, 15) is 4.79 Å². The third-order valence-corrected chi connectivity index (χ3v) is 3.85. The predicted octanol–water partition coefficient (Wildman–Crippen LogP) is 4.46. The second-order valence-electron chi connectivity index (χ2n) is 4.43. The molecule has 98 valence electrons. The predicted molar refractivity (Wildman–Crippen MR) is 85.0 cm³/mol. The highest BCUT2D eigenvalue weighted by atomic mass is 127. The molecule has 2 aromatic rings. The summed E-state index contributed by atoms with van der Waals surface area (Å²) in [6, 6.07) is 13.4. The second-order valence-corrected chi connectivity index (χ2v) is 5.20. The zero-order valence-corrected chi connectivity index (χ0v) is 13.1. The van der Waals surface area contributed by atoms with Gasteiger partial charge in [0, 0.05) is 4.43 Å². The maximum Gasteiger partial charge on any atom is 0.344 e.